The highest BCUT2D eigenvalue weighted by molar-refractivity contribution is 5.84. The van der Waals surface area contributed by atoms with Gasteiger partial charge < -0.3 is 9.47 Å². The molecule has 0 spiro atoms. The third-order valence-corrected chi connectivity index (χ3v) is 4.02. The molecule has 24 heavy (non-hydrogen) atoms. The molecule has 0 radical (unpaired) electrons. The van der Waals surface area contributed by atoms with Crippen molar-refractivity contribution in [2.75, 3.05) is 6.54 Å². The molecule has 3 rings (SSSR count). The molecule has 0 aliphatic carbocycles. The Labute approximate surface area is 142 Å². The topological polar surface area (TPSA) is 51.7 Å². The third kappa shape index (κ3) is 3.45. The van der Waals surface area contributed by atoms with Crippen LogP contribution in [-0.2, 0) is 11.3 Å². The second kappa shape index (κ2) is 6.30. The number of carbonyl (C=O) groups excluding carboxylic acids is 1. The Morgan fingerprint density at radius 1 is 1.38 bits per heavy atom. The number of amides is 1. The molecule has 0 saturated carbocycles. The molecule has 1 aromatic carbocycles. The van der Waals surface area contributed by atoms with Crippen LogP contribution in [0.3, 0.4) is 0 Å². The average Bonchev–Trinajstić information content (AvgIpc) is 2.72. The van der Waals surface area contributed by atoms with E-state index in [2.05, 4.69) is 11.9 Å². The molecular formula is C19H24N2O3. The van der Waals surface area contributed by atoms with Crippen molar-refractivity contribution in [3.05, 3.63) is 36.0 Å². The van der Waals surface area contributed by atoms with E-state index in [1.807, 2.05) is 45.0 Å². The van der Waals surface area contributed by atoms with Crippen molar-refractivity contribution in [2.24, 2.45) is 0 Å². The lowest BCUT2D eigenvalue weighted by Crippen LogP contribution is -2.40. The summed E-state index contributed by atoms with van der Waals surface area (Å²) in [5.74, 6) is 0.756. The van der Waals surface area contributed by atoms with Crippen LogP contribution in [0.2, 0.25) is 0 Å². The summed E-state index contributed by atoms with van der Waals surface area (Å²) >= 11 is 0. The fraction of sp³-hybridized carbons (Fsp3) is 0.474. The Hall–Kier alpha value is -2.30. The zero-order valence-electron chi connectivity index (χ0n) is 14.7. The molecule has 1 aromatic heterocycles. The van der Waals surface area contributed by atoms with Crippen molar-refractivity contribution in [1.82, 2.24) is 9.88 Å². The fourth-order valence-electron chi connectivity index (χ4n) is 2.84. The number of benzene rings is 1. The Morgan fingerprint density at radius 3 is 2.83 bits per heavy atom. The SMILES string of the molecule is CC[C@@H]1CN(C(=O)OC(C)(C)C)Cc2c(cnc3ccccc23)O1. The first-order chi connectivity index (χ1) is 11.4. The van der Waals surface area contributed by atoms with Gasteiger partial charge in [0, 0.05) is 10.9 Å². The highest BCUT2D eigenvalue weighted by Gasteiger charge is 2.29. The van der Waals surface area contributed by atoms with Crippen LogP contribution in [0.25, 0.3) is 10.9 Å². The average molecular weight is 328 g/mol. The molecule has 5 nitrogen and oxygen atoms in total. The summed E-state index contributed by atoms with van der Waals surface area (Å²) in [7, 11) is 0. The van der Waals surface area contributed by atoms with Gasteiger partial charge in [-0.25, -0.2) is 4.79 Å². The molecule has 1 aliphatic rings. The summed E-state index contributed by atoms with van der Waals surface area (Å²) in [6.45, 7) is 8.66. The van der Waals surface area contributed by atoms with Gasteiger partial charge in [-0.05, 0) is 33.3 Å². The Kier molecular flexibility index (Phi) is 4.35. The van der Waals surface area contributed by atoms with Crippen molar-refractivity contribution in [2.45, 2.75) is 52.4 Å². The molecule has 0 N–H and O–H groups in total. The van der Waals surface area contributed by atoms with Gasteiger partial charge >= 0.3 is 6.09 Å². The van der Waals surface area contributed by atoms with E-state index in [0.717, 1.165) is 28.6 Å². The zero-order chi connectivity index (χ0) is 17.3. The number of ether oxygens (including phenoxy) is 2. The van der Waals surface area contributed by atoms with Crippen LogP contribution < -0.4 is 4.74 Å². The highest BCUT2D eigenvalue weighted by atomic mass is 16.6. The van der Waals surface area contributed by atoms with Crippen LogP contribution in [0.5, 0.6) is 5.75 Å². The molecule has 0 fully saturated rings. The van der Waals surface area contributed by atoms with Crippen LogP contribution in [-0.4, -0.2) is 34.2 Å². The van der Waals surface area contributed by atoms with Crippen LogP contribution in [0.1, 0.15) is 39.7 Å². The first-order valence-electron chi connectivity index (χ1n) is 8.38. The van der Waals surface area contributed by atoms with E-state index in [-0.39, 0.29) is 12.2 Å². The number of carbonyl (C=O) groups is 1. The van der Waals surface area contributed by atoms with E-state index in [0.29, 0.717) is 13.1 Å². The Morgan fingerprint density at radius 2 is 2.12 bits per heavy atom. The minimum absolute atomic E-state index is 0.0678. The van der Waals surface area contributed by atoms with Crippen molar-refractivity contribution >= 4 is 17.0 Å². The van der Waals surface area contributed by atoms with E-state index in [4.69, 9.17) is 9.47 Å². The number of hydrogen-bond acceptors (Lipinski definition) is 4. The quantitative estimate of drug-likeness (QED) is 0.789. The molecule has 0 bridgehead atoms. The van der Waals surface area contributed by atoms with E-state index in [1.54, 1.807) is 11.1 Å². The van der Waals surface area contributed by atoms with E-state index >= 15 is 0 Å². The van der Waals surface area contributed by atoms with Gasteiger partial charge in [0.05, 0.1) is 24.8 Å². The molecule has 1 aliphatic heterocycles. The second-order valence-corrected chi connectivity index (χ2v) is 7.13. The van der Waals surface area contributed by atoms with Crippen molar-refractivity contribution < 1.29 is 14.3 Å². The van der Waals surface area contributed by atoms with Crippen molar-refractivity contribution in [1.29, 1.82) is 0 Å². The van der Waals surface area contributed by atoms with Gasteiger partial charge in [0.25, 0.3) is 0 Å². The lowest BCUT2D eigenvalue weighted by molar-refractivity contribution is 0.0177. The molecule has 2 aromatic rings. The molecule has 5 heteroatoms. The molecule has 1 atom stereocenters. The number of rotatable bonds is 1. The van der Waals surface area contributed by atoms with Gasteiger partial charge in [-0.3, -0.25) is 9.88 Å². The summed E-state index contributed by atoms with van der Waals surface area (Å²) in [6.07, 6.45) is 2.20. The number of fused-ring (bicyclic) bond motifs is 3. The molecular weight excluding hydrogens is 304 g/mol. The largest absolute Gasteiger partial charge is 0.487 e. The summed E-state index contributed by atoms with van der Waals surface area (Å²) in [4.78, 5) is 18.8. The maximum absolute atomic E-state index is 12.6. The number of nitrogens with zero attached hydrogens (tertiary/aromatic N) is 2. The third-order valence-electron chi connectivity index (χ3n) is 4.02. The Bertz CT molecular complexity index is 752. The summed E-state index contributed by atoms with van der Waals surface area (Å²) in [6, 6.07) is 7.92. The van der Waals surface area contributed by atoms with Crippen molar-refractivity contribution in [3.63, 3.8) is 0 Å². The maximum atomic E-state index is 12.6. The summed E-state index contributed by atoms with van der Waals surface area (Å²) in [5, 5.41) is 1.01. The molecule has 1 amide bonds. The first kappa shape index (κ1) is 16.6. The first-order valence-corrected chi connectivity index (χ1v) is 8.38. The molecule has 2 heterocycles. The predicted octanol–water partition coefficient (Wildman–Crippen LogP) is 4.14. The predicted molar refractivity (Wildman–Crippen MR) is 93.1 cm³/mol. The lowest BCUT2D eigenvalue weighted by Gasteiger charge is -2.27. The van der Waals surface area contributed by atoms with E-state index in [1.165, 1.54) is 0 Å². The van der Waals surface area contributed by atoms with Gasteiger partial charge in [-0.1, -0.05) is 25.1 Å². The van der Waals surface area contributed by atoms with Crippen LogP contribution in [0, 0.1) is 0 Å². The van der Waals surface area contributed by atoms with Crippen molar-refractivity contribution in [3.8, 4) is 5.75 Å². The van der Waals surface area contributed by atoms with Gasteiger partial charge in [-0.15, -0.1) is 0 Å². The fourth-order valence-corrected chi connectivity index (χ4v) is 2.84. The van der Waals surface area contributed by atoms with Gasteiger partial charge in [0.2, 0.25) is 0 Å². The standard InChI is InChI=1S/C19H24N2O3/c1-5-13-11-21(18(22)24-19(2,3)4)12-15-14-8-6-7-9-16(14)20-10-17(15)23-13/h6-10,13H,5,11-12H2,1-4H3/t13-/m1/s1. The molecule has 128 valence electrons. The smallest absolute Gasteiger partial charge is 0.410 e. The van der Waals surface area contributed by atoms with E-state index < -0.39 is 5.60 Å². The van der Waals surface area contributed by atoms with Crippen LogP contribution in [0.4, 0.5) is 4.79 Å². The van der Waals surface area contributed by atoms with Gasteiger partial charge in [-0.2, -0.15) is 0 Å². The monoisotopic (exact) mass is 328 g/mol. The normalized spacial score (nSPS) is 17.8. The zero-order valence-corrected chi connectivity index (χ0v) is 14.7. The number of pyridine rings is 1. The van der Waals surface area contributed by atoms with Crippen LogP contribution >= 0.6 is 0 Å². The van der Waals surface area contributed by atoms with Gasteiger partial charge in [0.1, 0.15) is 17.5 Å². The number of aromatic nitrogens is 1. The second-order valence-electron chi connectivity index (χ2n) is 7.13. The molecule has 0 saturated heterocycles. The highest BCUT2D eigenvalue weighted by Crippen LogP contribution is 2.31. The van der Waals surface area contributed by atoms with E-state index in [9.17, 15) is 4.79 Å². The Balaban J connectivity index is 2.00. The number of hydrogen-bond donors (Lipinski definition) is 0. The maximum Gasteiger partial charge on any atom is 0.410 e. The molecule has 0 unspecified atom stereocenters. The minimum Gasteiger partial charge on any atom is -0.487 e. The number of para-hydroxylation sites is 1. The summed E-state index contributed by atoms with van der Waals surface area (Å²) in [5.41, 5.74) is 1.37. The minimum atomic E-state index is -0.519. The summed E-state index contributed by atoms with van der Waals surface area (Å²) < 4.78 is 11.7. The van der Waals surface area contributed by atoms with Gasteiger partial charge in [0.15, 0.2) is 0 Å². The van der Waals surface area contributed by atoms with Crippen LogP contribution in [0.15, 0.2) is 30.5 Å². The lowest BCUT2D eigenvalue weighted by atomic mass is 10.1.